The van der Waals surface area contributed by atoms with Gasteiger partial charge < -0.3 is 14.6 Å². The van der Waals surface area contributed by atoms with Gasteiger partial charge in [0.2, 0.25) is 0 Å². The molecule has 0 aliphatic carbocycles. The van der Waals surface area contributed by atoms with E-state index in [1.807, 2.05) is 6.07 Å². The molecule has 1 aromatic rings. The average Bonchev–Trinajstić information content (AvgIpc) is 2.88. The highest BCUT2D eigenvalue weighted by Gasteiger charge is 2.39. The number of piperidine rings is 1. The molecule has 0 saturated carbocycles. The van der Waals surface area contributed by atoms with Crippen molar-refractivity contribution in [1.29, 1.82) is 0 Å². The van der Waals surface area contributed by atoms with E-state index in [9.17, 15) is 4.79 Å². The number of H-pyrrole nitrogens is 1. The second kappa shape index (κ2) is 4.18. The lowest BCUT2D eigenvalue weighted by Gasteiger charge is -2.35. The van der Waals surface area contributed by atoms with Gasteiger partial charge in [0.15, 0.2) is 0 Å². The van der Waals surface area contributed by atoms with Gasteiger partial charge in [-0.1, -0.05) is 0 Å². The standard InChI is InChI=1S/C13H18N2O2/c1-15-9-4-5-10(15)8-11(7-9)17-13(16)12-3-2-6-14-12/h2-3,6,9-11,14H,4-5,7-8H2,1H3/t9-,10+,11?. The summed E-state index contributed by atoms with van der Waals surface area (Å²) >= 11 is 0. The van der Waals surface area contributed by atoms with E-state index in [0.29, 0.717) is 17.8 Å². The molecule has 3 rings (SSSR count). The highest BCUT2D eigenvalue weighted by atomic mass is 16.5. The van der Waals surface area contributed by atoms with Crippen molar-refractivity contribution >= 4 is 5.97 Å². The van der Waals surface area contributed by atoms with E-state index in [4.69, 9.17) is 4.74 Å². The number of carbonyl (C=O) groups excluding carboxylic acids is 1. The Kier molecular flexibility index (Phi) is 2.67. The molecule has 0 aromatic carbocycles. The molecular weight excluding hydrogens is 216 g/mol. The summed E-state index contributed by atoms with van der Waals surface area (Å²) in [4.78, 5) is 17.2. The van der Waals surface area contributed by atoms with Crippen molar-refractivity contribution < 1.29 is 9.53 Å². The average molecular weight is 234 g/mol. The van der Waals surface area contributed by atoms with Crippen LogP contribution in [0.1, 0.15) is 36.2 Å². The van der Waals surface area contributed by atoms with E-state index in [-0.39, 0.29) is 12.1 Å². The van der Waals surface area contributed by atoms with E-state index in [1.54, 1.807) is 12.3 Å². The van der Waals surface area contributed by atoms with Crippen LogP contribution in [-0.2, 0) is 4.74 Å². The van der Waals surface area contributed by atoms with Crippen LogP contribution in [0.2, 0.25) is 0 Å². The fourth-order valence-corrected chi connectivity index (χ4v) is 3.13. The van der Waals surface area contributed by atoms with Gasteiger partial charge in [-0.25, -0.2) is 4.79 Å². The van der Waals surface area contributed by atoms with Crippen LogP contribution in [0.3, 0.4) is 0 Å². The lowest BCUT2D eigenvalue weighted by atomic mass is 10.0. The van der Waals surface area contributed by atoms with Gasteiger partial charge in [0, 0.05) is 31.1 Å². The highest BCUT2D eigenvalue weighted by Crippen LogP contribution is 2.35. The fourth-order valence-electron chi connectivity index (χ4n) is 3.13. The van der Waals surface area contributed by atoms with E-state index in [1.165, 1.54) is 12.8 Å². The number of nitrogens with zero attached hydrogens (tertiary/aromatic N) is 1. The van der Waals surface area contributed by atoms with E-state index in [2.05, 4.69) is 16.9 Å². The molecule has 4 heteroatoms. The molecule has 1 aromatic heterocycles. The van der Waals surface area contributed by atoms with Crippen LogP contribution < -0.4 is 0 Å². The Morgan fingerprint density at radius 3 is 2.71 bits per heavy atom. The van der Waals surface area contributed by atoms with Gasteiger partial charge in [-0.15, -0.1) is 0 Å². The first-order valence-electron chi connectivity index (χ1n) is 6.30. The number of hydrogen-bond acceptors (Lipinski definition) is 3. The molecule has 0 amide bonds. The molecule has 4 nitrogen and oxygen atoms in total. The summed E-state index contributed by atoms with van der Waals surface area (Å²) in [6.07, 6.45) is 6.31. The number of fused-ring (bicyclic) bond motifs is 2. The number of ether oxygens (including phenoxy) is 1. The van der Waals surface area contributed by atoms with Gasteiger partial charge in [0.25, 0.3) is 0 Å². The zero-order valence-corrected chi connectivity index (χ0v) is 10.1. The number of aromatic amines is 1. The van der Waals surface area contributed by atoms with Crippen molar-refractivity contribution in [1.82, 2.24) is 9.88 Å². The van der Waals surface area contributed by atoms with Crippen LogP contribution in [0.15, 0.2) is 18.3 Å². The van der Waals surface area contributed by atoms with Gasteiger partial charge in [0.1, 0.15) is 11.8 Å². The Labute approximate surface area is 101 Å². The largest absolute Gasteiger partial charge is 0.458 e. The van der Waals surface area contributed by atoms with Crippen molar-refractivity contribution in [2.45, 2.75) is 43.9 Å². The number of nitrogens with one attached hydrogen (secondary N) is 1. The van der Waals surface area contributed by atoms with Gasteiger partial charge in [-0.2, -0.15) is 0 Å². The van der Waals surface area contributed by atoms with E-state index >= 15 is 0 Å². The molecule has 17 heavy (non-hydrogen) atoms. The smallest absolute Gasteiger partial charge is 0.355 e. The van der Waals surface area contributed by atoms with Crippen LogP contribution >= 0.6 is 0 Å². The Bertz CT molecular complexity index is 388. The van der Waals surface area contributed by atoms with Crippen LogP contribution in [0, 0.1) is 0 Å². The second-order valence-corrected chi connectivity index (χ2v) is 5.13. The van der Waals surface area contributed by atoms with Crippen LogP contribution in [0.25, 0.3) is 0 Å². The molecule has 2 saturated heterocycles. The van der Waals surface area contributed by atoms with Gasteiger partial charge >= 0.3 is 5.97 Å². The fraction of sp³-hybridized carbons (Fsp3) is 0.615. The van der Waals surface area contributed by atoms with Crippen LogP contribution in [0.4, 0.5) is 0 Å². The van der Waals surface area contributed by atoms with Gasteiger partial charge in [-0.05, 0) is 32.0 Å². The molecule has 0 spiro atoms. The van der Waals surface area contributed by atoms with E-state index < -0.39 is 0 Å². The van der Waals surface area contributed by atoms with Crippen molar-refractivity contribution in [3.63, 3.8) is 0 Å². The number of aromatic nitrogens is 1. The van der Waals surface area contributed by atoms with Crippen molar-refractivity contribution in [3.8, 4) is 0 Å². The normalized spacial score (nSPS) is 32.6. The third-order valence-corrected chi connectivity index (χ3v) is 4.15. The summed E-state index contributed by atoms with van der Waals surface area (Å²) in [6, 6.07) is 4.78. The lowest BCUT2D eigenvalue weighted by Crippen LogP contribution is -2.43. The Morgan fingerprint density at radius 1 is 1.41 bits per heavy atom. The first-order chi connectivity index (χ1) is 8.24. The minimum Gasteiger partial charge on any atom is -0.458 e. The summed E-state index contributed by atoms with van der Waals surface area (Å²) < 4.78 is 5.57. The number of carbonyl (C=O) groups is 1. The first kappa shape index (κ1) is 10.8. The van der Waals surface area contributed by atoms with Crippen LogP contribution in [-0.4, -0.2) is 41.1 Å². The maximum absolute atomic E-state index is 11.8. The van der Waals surface area contributed by atoms with Crippen molar-refractivity contribution in [2.24, 2.45) is 0 Å². The quantitative estimate of drug-likeness (QED) is 0.794. The Balaban J connectivity index is 1.62. The molecule has 2 bridgehead atoms. The third-order valence-electron chi connectivity index (χ3n) is 4.15. The maximum Gasteiger partial charge on any atom is 0.355 e. The molecule has 3 atom stereocenters. The number of rotatable bonds is 2. The monoisotopic (exact) mass is 234 g/mol. The molecule has 2 aliphatic heterocycles. The number of hydrogen-bond donors (Lipinski definition) is 1. The summed E-state index contributed by atoms with van der Waals surface area (Å²) in [5, 5.41) is 0. The minimum absolute atomic E-state index is 0.0968. The summed E-state index contributed by atoms with van der Waals surface area (Å²) in [5.74, 6) is -0.219. The minimum atomic E-state index is -0.219. The SMILES string of the molecule is CN1[C@@H]2CC[C@H]1CC(OC(=O)c1ccc[nH]1)C2. The van der Waals surface area contributed by atoms with Crippen molar-refractivity contribution in [2.75, 3.05) is 7.05 Å². The molecule has 2 fully saturated rings. The molecule has 0 radical (unpaired) electrons. The molecule has 1 N–H and O–H groups in total. The van der Waals surface area contributed by atoms with Crippen molar-refractivity contribution in [3.05, 3.63) is 24.0 Å². The Morgan fingerprint density at radius 2 is 2.12 bits per heavy atom. The maximum atomic E-state index is 11.8. The summed E-state index contributed by atoms with van der Waals surface area (Å²) in [6.45, 7) is 0. The zero-order chi connectivity index (χ0) is 11.8. The highest BCUT2D eigenvalue weighted by molar-refractivity contribution is 5.87. The second-order valence-electron chi connectivity index (χ2n) is 5.13. The van der Waals surface area contributed by atoms with Gasteiger partial charge in [0.05, 0.1) is 0 Å². The van der Waals surface area contributed by atoms with Crippen LogP contribution in [0.5, 0.6) is 0 Å². The molecule has 92 valence electrons. The molecule has 3 heterocycles. The lowest BCUT2D eigenvalue weighted by molar-refractivity contribution is -0.000921. The molecule has 1 unspecified atom stereocenters. The first-order valence-corrected chi connectivity index (χ1v) is 6.30. The Hall–Kier alpha value is -1.29. The molecular formula is C13H18N2O2. The van der Waals surface area contributed by atoms with E-state index in [0.717, 1.165) is 12.8 Å². The molecule has 2 aliphatic rings. The topological polar surface area (TPSA) is 45.3 Å². The predicted octanol–water partition coefficient (Wildman–Crippen LogP) is 1.80. The number of esters is 1. The zero-order valence-electron chi connectivity index (χ0n) is 10.1. The summed E-state index contributed by atoms with van der Waals surface area (Å²) in [7, 11) is 2.19. The predicted molar refractivity (Wildman–Crippen MR) is 63.8 cm³/mol. The van der Waals surface area contributed by atoms with Gasteiger partial charge in [-0.3, -0.25) is 0 Å². The third kappa shape index (κ3) is 1.97. The summed E-state index contributed by atoms with van der Waals surface area (Å²) in [5.41, 5.74) is 0.552.